The number of aromatic nitrogens is 1. The predicted molar refractivity (Wildman–Crippen MR) is 120 cm³/mol. The summed E-state index contributed by atoms with van der Waals surface area (Å²) in [6.45, 7) is 4.08. The molecule has 2 aromatic carbocycles. The summed E-state index contributed by atoms with van der Waals surface area (Å²) in [7, 11) is 1.62. The van der Waals surface area contributed by atoms with Crippen molar-refractivity contribution in [2.45, 2.75) is 20.3 Å². The SMILES string of the molecule is COc1ccc(NN=C2C(=O)c3sc(=S)n(-c4ccccc4)c3CC2(C)C)cc1. The van der Waals surface area contributed by atoms with Crippen LogP contribution < -0.4 is 10.2 Å². The lowest BCUT2D eigenvalue weighted by molar-refractivity contribution is 0.105. The summed E-state index contributed by atoms with van der Waals surface area (Å²) in [4.78, 5) is 14.0. The van der Waals surface area contributed by atoms with Gasteiger partial charge in [-0.2, -0.15) is 5.10 Å². The van der Waals surface area contributed by atoms with Crippen LogP contribution in [0.5, 0.6) is 5.75 Å². The van der Waals surface area contributed by atoms with Crippen LogP contribution in [0, 0.1) is 9.37 Å². The Morgan fingerprint density at radius 3 is 2.48 bits per heavy atom. The third kappa shape index (κ3) is 3.63. The molecular weight excluding hydrogens is 402 g/mol. The van der Waals surface area contributed by atoms with Crippen LogP contribution in [0.15, 0.2) is 59.7 Å². The van der Waals surface area contributed by atoms with Gasteiger partial charge in [-0.25, -0.2) is 0 Å². The zero-order chi connectivity index (χ0) is 20.6. The van der Waals surface area contributed by atoms with Gasteiger partial charge < -0.3 is 4.74 Å². The summed E-state index contributed by atoms with van der Waals surface area (Å²) in [5.41, 5.74) is 5.84. The number of carbonyl (C=O) groups is 1. The number of nitrogens with zero attached hydrogens (tertiary/aromatic N) is 2. The summed E-state index contributed by atoms with van der Waals surface area (Å²) in [6.07, 6.45) is 0.680. The monoisotopic (exact) mass is 423 g/mol. The molecule has 0 unspecified atom stereocenters. The summed E-state index contributed by atoms with van der Waals surface area (Å²) in [6, 6.07) is 17.4. The van der Waals surface area contributed by atoms with E-state index >= 15 is 0 Å². The highest BCUT2D eigenvalue weighted by Gasteiger charge is 2.41. The molecule has 5 nitrogen and oxygen atoms in total. The van der Waals surface area contributed by atoms with Gasteiger partial charge in [-0.15, -0.1) is 11.3 Å². The highest BCUT2D eigenvalue weighted by molar-refractivity contribution is 7.73. The van der Waals surface area contributed by atoms with E-state index in [1.165, 1.54) is 11.3 Å². The molecule has 0 amide bonds. The summed E-state index contributed by atoms with van der Waals surface area (Å²) >= 11 is 6.95. The maximum Gasteiger partial charge on any atom is 0.221 e. The van der Waals surface area contributed by atoms with Crippen LogP contribution in [0.25, 0.3) is 5.69 Å². The minimum absolute atomic E-state index is 0.0666. The number of hydrogen-bond donors (Lipinski definition) is 1. The number of thiazole rings is 1. The van der Waals surface area contributed by atoms with E-state index in [-0.39, 0.29) is 5.78 Å². The van der Waals surface area contributed by atoms with Crippen molar-refractivity contribution in [1.82, 2.24) is 4.57 Å². The first-order valence-electron chi connectivity index (χ1n) is 9.24. The average molecular weight is 424 g/mol. The second kappa shape index (κ2) is 7.57. The molecule has 7 heteroatoms. The number of fused-ring (bicyclic) bond motifs is 1. The molecule has 1 aromatic heterocycles. The molecule has 148 valence electrons. The molecule has 3 aromatic rings. The fourth-order valence-corrected chi connectivity index (χ4v) is 4.90. The summed E-state index contributed by atoms with van der Waals surface area (Å²) in [5, 5.41) is 4.49. The molecule has 1 aliphatic carbocycles. The Hall–Kier alpha value is -2.77. The molecule has 29 heavy (non-hydrogen) atoms. The summed E-state index contributed by atoms with van der Waals surface area (Å²) in [5.74, 6) is 0.701. The quantitative estimate of drug-likeness (QED) is 0.444. The molecule has 1 heterocycles. The Morgan fingerprint density at radius 2 is 1.83 bits per heavy atom. The molecular formula is C22H21N3O2S2. The first-order chi connectivity index (χ1) is 13.9. The lowest BCUT2D eigenvalue weighted by Gasteiger charge is -2.30. The number of Topliss-reactive ketones (excluding diaryl/α,β-unsaturated/α-hetero) is 1. The van der Waals surface area contributed by atoms with E-state index in [0.29, 0.717) is 21.0 Å². The van der Waals surface area contributed by atoms with Gasteiger partial charge >= 0.3 is 0 Å². The topological polar surface area (TPSA) is 55.6 Å². The van der Waals surface area contributed by atoms with Crippen molar-refractivity contribution in [3.05, 3.63) is 69.1 Å². The van der Waals surface area contributed by atoms with Crippen LogP contribution in [0.2, 0.25) is 0 Å². The molecule has 0 spiro atoms. The fraction of sp³-hybridized carbons (Fsp3) is 0.227. The third-order valence-electron chi connectivity index (χ3n) is 4.98. The van der Waals surface area contributed by atoms with E-state index in [1.54, 1.807) is 7.11 Å². The van der Waals surface area contributed by atoms with Crippen molar-refractivity contribution in [2.75, 3.05) is 12.5 Å². The first kappa shape index (κ1) is 19.5. The van der Waals surface area contributed by atoms with Crippen LogP contribution in [-0.4, -0.2) is 23.2 Å². The number of benzene rings is 2. The molecule has 1 N–H and O–H groups in total. The van der Waals surface area contributed by atoms with Crippen molar-refractivity contribution in [3.8, 4) is 11.4 Å². The van der Waals surface area contributed by atoms with Crippen LogP contribution in [0.3, 0.4) is 0 Å². The number of methoxy groups -OCH3 is 1. The Kier molecular flexibility index (Phi) is 5.10. The number of anilines is 1. The van der Waals surface area contributed by atoms with E-state index in [2.05, 4.69) is 10.5 Å². The Balaban J connectivity index is 1.71. The number of ether oxygens (including phenoxy) is 1. The maximum absolute atomic E-state index is 13.3. The normalized spacial score (nSPS) is 16.5. The number of rotatable bonds is 4. The van der Waals surface area contributed by atoms with Crippen molar-refractivity contribution in [2.24, 2.45) is 10.5 Å². The zero-order valence-electron chi connectivity index (χ0n) is 16.4. The van der Waals surface area contributed by atoms with Crippen molar-refractivity contribution in [3.63, 3.8) is 0 Å². The molecule has 0 fully saturated rings. The van der Waals surface area contributed by atoms with Crippen molar-refractivity contribution >= 4 is 40.7 Å². The number of para-hydroxylation sites is 1. The van der Waals surface area contributed by atoms with E-state index in [4.69, 9.17) is 17.0 Å². The van der Waals surface area contributed by atoms with E-state index in [9.17, 15) is 4.79 Å². The highest BCUT2D eigenvalue weighted by Crippen LogP contribution is 2.37. The predicted octanol–water partition coefficient (Wildman–Crippen LogP) is 5.51. The lowest BCUT2D eigenvalue weighted by Crippen LogP contribution is -2.39. The molecule has 0 saturated heterocycles. The number of ketones is 1. The van der Waals surface area contributed by atoms with Crippen LogP contribution in [0.4, 0.5) is 5.69 Å². The van der Waals surface area contributed by atoms with Crippen LogP contribution in [0.1, 0.15) is 29.2 Å². The Bertz CT molecular complexity index is 1140. The number of carbonyl (C=O) groups excluding carboxylic acids is 1. The summed E-state index contributed by atoms with van der Waals surface area (Å²) < 4.78 is 7.87. The highest BCUT2D eigenvalue weighted by atomic mass is 32.1. The van der Waals surface area contributed by atoms with E-state index < -0.39 is 5.41 Å². The minimum atomic E-state index is -0.428. The molecule has 1 aliphatic rings. The van der Waals surface area contributed by atoms with Gasteiger partial charge in [0.25, 0.3) is 0 Å². The molecule has 0 aliphatic heterocycles. The smallest absolute Gasteiger partial charge is 0.221 e. The number of hydrogen-bond acceptors (Lipinski definition) is 6. The zero-order valence-corrected chi connectivity index (χ0v) is 18.1. The van der Waals surface area contributed by atoms with Gasteiger partial charge in [-0.3, -0.25) is 14.8 Å². The van der Waals surface area contributed by atoms with E-state index in [0.717, 1.165) is 22.8 Å². The lowest BCUT2D eigenvalue weighted by atomic mass is 9.76. The van der Waals surface area contributed by atoms with Gasteiger partial charge in [0.05, 0.1) is 17.7 Å². The van der Waals surface area contributed by atoms with Gasteiger partial charge in [0.2, 0.25) is 5.78 Å². The maximum atomic E-state index is 13.3. The Morgan fingerprint density at radius 1 is 1.14 bits per heavy atom. The molecule has 0 saturated carbocycles. The Labute approximate surface area is 178 Å². The molecule has 0 bridgehead atoms. The van der Waals surface area contributed by atoms with Crippen LogP contribution in [-0.2, 0) is 6.42 Å². The molecule has 0 atom stereocenters. The average Bonchev–Trinajstić information content (AvgIpc) is 3.04. The van der Waals surface area contributed by atoms with Gasteiger partial charge in [0.1, 0.15) is 11.5 Å². The molecule has 4 rings (SSSR count). The van der Waals surface area contributed by atoms with Gasteiger partial charge in [-0.05, 0) is 48.6 Å². The van der Waals surface area contributed by atoms with Crippen molar-refractivity contribution < 1.29 is 9.53 Å². The fourth-order valence-electron chi connectivity index (χ4n) is 3.48. The number of hydrazone groups is 1. The second-order valence-corrected chi connectivity index (χ2v) is 9.15. The number of nitrogens with one attached hydrogen (secondary N) is 1. The van der Waals surface area contributed by atoms with Gasteiger partial charge in [0.15, 0.2) is 3.95 Å². The standard InChI is InChI=1S/C22H21N3O2S2/c1-22(2)13-17-19(29-21(28)25(17)15-7-5-4-6-8-15)18(26)20(22)24-23-14-9-11-16(27-3)12-10-14/h4-12,23H,13H2,1-3H3. The van der Waals surface area contributed by atoms with E-state index in [1.807, 2.05) is 73.0 Å². The van der Waals surface area contributed by atoms with Crippen LogP contribution >= 0.6 is 23.6 Å². The first-order valence-corrected chi connectivity index (χ1v) is 10.5. The largest absolute Gasteiger partial charge is 0.497 e. The minimum Gasteiger partial charge on any atom is -0.497 e. The molecule has 0 radical (unpaired) electrons. The second-order valence-electron chi connectivity index (χ2n) is 7.51. The third-order valence-corrected chi connectivity index (χ3v) is 6.39. The van der Waals surface area contributed by atoms with Gasteiger partial charge in [0, 0.05) is 23.2 Å². The van der Waals surface area contributed by atoms with Gasteiger partial charge in [-0.1, -0.05) is 32.0 Å². The van der Waals surface area contributed by atoms with Crippen molar-refractivity contribution in [1.29, 1.82) is 0 Å².